The number of hydrogen-bond acceptors (Lipinski definition) is 2. The molecule has 0 bridgehead atoms. The number of benzene rings is 2. The molecule has 2 aromatic carbocycles. The second-order valence-corrected chi connectivity index (χ2v) is 8.17. The van der Waals surface area contributed by atoms with Crippen molar-refractivity contribution in [2.24, 2.45) is 5.92 Å². The van der Waals surface area contributed by atoms with Crippen LogP contribution >= 0.6 is 0 Å². The molecule has 1 N–H and O–H groups in total. The average molecular weight is 349 g/mol. The summed E-state index contributed by atoms with van der Waals surface area (Å²) in [5.74, 6) is 0.875. The fourth-order valence-corrected chi connectivity index (χ4v) is 4.83. The van der Waals surface area contributed by atoms with Crippen molar-refractivity contribution in [3.05, 3.63) is 71.8 Å². The lowest BCUT2D eigenvalue weighted by Crippen LogP contribution is -2.59. The Bertz CT molecular complexity index is 648. The number of nitrogens with zero attached hydrogens (tertiary/aromatic N) is 1. The molecule has 1 saturated heterocycles. The summed E-state index contributed by atoms with van der Waals surface area (Å²) < 4.78 is 0. The second-order valence-electron chi connectivity index (χ2n) is 8.17. The third-order valence-electron chi connectivity index (χ3n) is 6.32. The lowest BCUT2D eigenvalue weighted by molar-refractivity contribution is 0.0893. The quantitative estimate of drug-likeness (QED) is 0.846. The third kappa shape index (κ3) is 4.55. The highest BCUT2D eigenvalue weighted by molar-refractivity contribution is 5.18. The normalized spacial score (nSPS) is 25.2. The minimum absolute atomic E-state index is 0.581. The highest BCUT2D eigenvalue weighted by atomic mass is 15.2. The van der Waals surface area contributed by atoms with Crippen LogP contribution in [0.15, 0.2) is 60.7 Å². The van der Waals surface area contributed by atoms with Crippen LogP contribution in [0.25, 0.3) is 0 Å². The van der Waals surface area contributed by atoms with E-state index in [4.69, 9.17) is 0 Å². The molecule has 138 valence electrons. The van der Waals surface area contributed by atoms with E-state index >= 15 is 0 Å². The van der Waals surface area contributed by atoms with Crippen molar-refractivity contribution < 1.29 is 0 Å². The van der Waals surface area contributed by atoms with E-state index in [1.807, 2.05) is 0 Å². The van der Waals surface area contributed by atoms with Crippen LogP contribution in [0.4, 0.5) is 0 Å². The van der Waals surface area contributed by atoms with Crippen LogP contribution in [0.1, 0.15) is 43.2 Å². The maximum atomic E-state index is 3.93. The summed E-state index contributed by atoms with van der Waals surface area (Å²) in [5, 5.41) is 3.93. The Morgan fingerprint density at radius 1 is 0.808 bits per heavy atom. The van der Waals surface area contributed by atoms with E-state index < -0.39 is 0 Å². The maximum Gasteiger partial charge on any atom is 0.0265 e. The van der Waals surface area contributed by atoms with Gasteiger partial charge in [-0.15, -0.1) is 0 Å². The topological polar surface area (TPSA) is 15.3 Å². The van der Waals surface area contributed by atoms with Gasteiger partial charge in [0.25, 0.3) is 0 Å². The second kappa shape index (κ2) is 8.83. The molecule has 1 aliphatic carbocycles. The highest BCUT2D eigenvalue weighted by Crippen LogP contribution is 2.29. The molecule has 2 aliphatic rings. The predicted molar refractivity (Wildman–Crippen MR) is 109 cm³/mol. The SMILES string of the molecule is c1ccc(CC2CNC(C3CCCCC3)CN2Cc2ccccc2)cc1. The molecule has 2 fully saturated rings. The van der Waals surface area contributed by atoms with E-state index in [1.165, 1.54) is 49.8 Å². The molecule has 1 saturated carbocycles. The Hall–Kier alpha value is -1.64. The van der Waals surface area contributed by atoms with Crippen molar-refractivity contribution >= 4 is 0 Å². The van der Waals surface area contributed by atoms with Gasteiger partial charge in [-0.3, -0.25) is 4.90 Å². The first kappa shape index (κ1) is 17.8. The number of nitrogens with one attached hydrogen (secondary N) is 1. The summed E-state index contributed by atoms with van der Waals surface area (Å²) in [5.41, 5.74) is 2.89. The van der Waals surface area contributed by atoms with Crippen molar-refractivity contribution in [2.45, 2.75) is 57.2 Å². The van der Waals surface area contributed by atoms with Crippen LogP contribution in [-0.4, -0.2) is 30.1 Å². The maximum absolute atomic E-state index is 3.93. The summed E-state index contributed by atoms with van der Waals surface area (Å²) >= 11 is 0. The van der Waals surface area contributed by atoms with Gasteiger partial charge in [-0.1, -0.05) is 79.9 Å². The Morgan fingerprint density at radius 2 is 1.46 bits per heavy atom. The van der Waals surface area contributed by atoms with Crippen molar-refractivity contribution in [1.29, 1.82) is 0 Å². The molecule has 26 heavy (non-hydrogen) atoms. The van der Waals surface area contributed by atoms with Crippen molar-refractivity contribution in [3.8, 4) is 0 Å². The van der Waals surface area contributed by atoms with Crippen LogP contribution in [0, 0.1) is 5.92 Å². The molecular weight excluding hydrogens is 316 g/mol. The van der Waals surface area contributed by atoms with Gasteiger partial charge in [0.1, 0.15) is 0 Å². The summed E-state index contributed by atoms with van der Waals surface area (Å²) in [6.07, 6.45) is 8.26. The molecule has 2 unspecified atom stereocenters. The van der Waals surface area contributed by atoms with Gasteiger partial charge in [0, 0.05) is 31.7 Å². The van der Waals surface area contributed by atoms with Crippen molar-refractivity contribution in [3.63, 3.8) is 0 Å². The van der Waals surface area contributed by atoms with Crippen LogP contribution in [0.2, 0.25) is 0 Å². The van der Waals surface area contributed by atoms with Gasteiger partial charge in [-0.05, 0) is 36.3 Å². The number of piperazine rings is 1. The summed E-state index contributed by atoms with van der Waals surface area (Å²) in [7, 11) is 0. The first-order valence-electron chi connectivity index (χ1n) is 10.4. The summed E-state index contributed by atoms with van der Waals surface area (Å²) in [4.78, 5) is 2.75. The Labute approximate surface area is 158 Å². The summed E-state index contributed by atoms with van der Waals surface area (Å²) in [6.45, 7) is 3.38. The fourth-order valence-electron chi connectivity index (χ4n) is 4.83. The van der Waals surface area contributed by atoms with Gasteiger partial charge in [-0.25, -0.2) is 0 Å². The van der Waals surface area contributed by atoms with Crippen LogP contribution in [-0.2, 0) is 13.0 Å². The first-order chi connectivity index (χ1) is 12.9. The van der Waals surface area contributed by atoms with Gasteiger partial charge >= 0.3 is 0 Å². The minimum Gasteiger partial charge on any atom is -0.311 e. The van der Waals surface area contributed by atoms with Crippen molar-refractivity contribution in [1.82, 2.24) is 10.2 Å². The van der Waals surface area contributed by atoms with E-state index in [1.54, 1.807) is 0 Å². The molecule has 4 rings (SSSR count). The van der Waals surface area contributed by atoms with E-state index in [0.717, 1.165) is 25.4 Å². The van der Waals surface area contributed by atoms with E-state index in [-0.39, 0.29) is 0 Å². The largest absolute Gasteiger partial charge is 0.311 e. The first-order valence-corrected chi connectivity index (χ1v) is 10.4. The zero-order valence-electron chi connectivity index (χ0n) is 15.8. The van der Waals surface area contributed by atoms with Gasteiger partial charge in [0.05, 0.1) is 0 Å². The smallest absolute Gasteiger partial charge is 0.0265 e. The Balaban J connectivity index is 1.47. The molecule has 0 aromatic heterocycles. The lowest BCUT2D eigenvalue weighted by atomic mass is 9.82. The molecule has 0 amide bonds. The summed E-state index contributed by atoms with van der Waals surface area (Å²) in [6, 6.07) is 23.2. The standard InChI is InChI=1S/C24H32N2/c1-4-10-20(11-5-1)16-23-17-25-24(22-14-8-3-9-15-22)19-26(23)18-21-12-6-2-7-13-21/h1-2,4-7,10-13,22-25H,3,8-9,14-19H2. The molecule has 1 heterocycles. The lowest BCUT2D eigenvalue weighted by Gasteiger charge is -2.44. The molecular formula is C24H32N2. The predicted octanol–water partition coefficient (Wildman–Crippen LogP) is 4.65. The van der Waals surface area contributed by atoms with Gasteiger partial charge < -0.3 is 5.32 Å². The minimum atomic E-state index is 0.581. The zero-order chi connectivity index (χ0) is 17.6. The third-order valence-corrected chi connectivity index (χ3v) is 6.32. The van der Waals surface area contributed by atoms with E-state index in [0.29, 0.717) is 12.1 Å². The van der Waals surface area contributed by atoms with Gasteiger partial charge in [-0.2, -0.15) is 0 Å². The fraction of sp³-hybridized carbons (Fsp3) is 0.500. The van der Waals surface area contributed by atoms with E-state index in [2.05, 4.69) is 70.9 Å². The van der Waals surface area contributed by atoms with Gasteiger partial charge in [0.15, 0.2) is 0 Å². The average Bonchev–Trinajstić information content (AvgIpc) is 2.71. The Morgan fingerprint density at radius 3 is 2.15 bits per heavy atom. The van der Waals surface area contributed by atoms with E-state index in [9.17, 15) is 0 Å². The number of rotatable bonds is 5. The molecule has 2 atom stereocenters. The monoisotopic (exact) mass is 348 g/mol. The van der Waals surface area contributed by atoms with Crippen LogP contribution < -0.4 is 5.32 Å². The Kier molecular flexibility index (Phi) is 6.03. The zero-order valence-corrected chi connectivity index (χ0v) is 15.8. The number of hydrogen-bond donors (Lipinski definition) is 1. The molecule has 2 heteroatoms. The molecule has 1 aliphatic heterocycles. The van der Waals surface area contributed by atoms with Gasteiger partial charge in [0.2, 0.25) is 0 Å². The van der Waals surface area contributed by atoms with Crippen molar-refractivity contribution in [2.75, 3.05) is 13.1 Å². The molecule has 0 radical (unpaired) electrons. The molecule has 2 aromatic rings. The molecule has 0 spiro atoms. The van der Waals surface area contributed by atoms with Crippen LogP contribution in [0.5, 0.6) is 0 Å². The molecule has 2 nitrogen and oxygen atoms in total. The van der Waals surface area contributed by atoms with Crippen LogP contribution in [0.3, 0.4) is 0 Å². The highest BCUT2D eigenvalue weighted by Gasteiger charge is 2.32.